The van der Waals surface area contributed by atoms with Crippen LogP contribution in [0.25, 0.3) is 21.8 Å². The summed E-state index contributed by atoms with van der Waals surface area (Å²) in [6.45, 7) is 1.92. The number of nitrogens with one attached hydrogen (secondary N) is 2. The number of hydrogen-bond donors (Lipinski definition) is 2. The van der Waals surface area contributed by atoms with Gasteiger partial charge in [0.15, 0.2) is 5.58 Å². The summed E-state index contributed by atoms with van der Waals surface area (Å²) in [5.74, 6) is 0.607. The van der Waals surface area contributed by atoms with Gasteiger partial charge in [0.1, 0.15) is 6.04 Å². The third-order valence-corrected chi connectivity index (χ3v) is 4.22. The van der Waals surface area contributed by atoms with Crippen molar-refractivity contribution in [1.82, 2.24) is 15.1 Å². The molecule has 4 aromatic rings. The van der Waals surface area contributed by atoms with E-state index >= 15 is 0 Å². The number of thiophene rings is 1. The van der Waals surface area contributed by atoms with Crippen LogP contribution in [0, 0.1) is 0 Å². The van der Waals surface area contributed by atoms with Crippen molar-refractivity contribution >= 4 is 28.1 Å². The molecule has 1 aromatic carbocycles. The minimum atomic E-state index is -0.470. The van der Waals surface area contributed by atoms with Gasteiger partial charge in [-0.15, -0.1) is 11.3 Å². The molecule has 0 saturated carbocycles. The topological polar surface area (TPSA) is 97.0 Å². The number of H-pyrrole nitrogens is 1. The summed E-state index contributed by atoms with van der Waals surface area (Å²) in [6.07, 6.45) is 0. The van der Waals surface area contributed by atoms with E-state index in [1.165, 1.54) is 0 Å². The highest BCUT2D eigenvalue weighted by molar-refractivity contribution is 7.13. The van der Waals surface area contributed by atoms with Gasteiger partial charge in [0.2, 0.25) is 11.7 Å². The Morgan fingerprint density at radius 2 is 2.26 bits per heavy atom. The van der Waals surface area contributed by atoms with Crippen LogP contribution in [0.1, 0.15) is 18.9 Å². The van der Waals surface area contributed by atoms with E-state index in [1.807, 2.05) is 30.5 Å². The fourth-order valence-electron chi connectivity index (χ4n) is 2.27. The van der Waals surface area contributed by atoms with E-state index in [0.29, 0.717) is 22.8 Å². The molecule has 3 heterocycles. The molecule has 0 bridgehead atoms. The van der Waals surface area contributed by atoms with Gasteiger partial charge in [-0.3, -0.25) is 4.98 Å². The van der Waals surface area contributed by atoms with Crippen molar-refractivity contribution in [2.45, 2.75) is 13.0 Å². The first-order valence-electron chi connectivity index (χ1n) is 6.96. The molecule has 0 saturated heterocycles. The number of aromatic amines is 1. The first-order chi connectivity index (χ1) is 11.2. The van der Waals surface area contributed by atoms with Gasteiger partial charge < -0.3 is 14.3 Å². The molecule has 4 rings (SSSR count). The highest BCUT2D eigenvalue weighted by atomic mass is 32.1. The second-order valence-corrected chi connectivity index (χ2v) is 5.97. The van der Waals surface area contributed by atoms with Crippen LogP contribution in [-0.4, -0.2) is 15.1 Å². The van der Waals surface area contributed by atoms with Crippen molar-refractivity contribution in [3.8, 4) is 10.7 Å². The Hall–Kier alpha value is -2.87. The summed E-state index contributed by atoms with van der Waals surface area (Å²) in [5, 5.41) is 9.22. The molecule has 23 heavy (non-hydrogen) atoms. The van der Waals surface area contributed by atoms with Crippen LogP contribution >= 0.6 is 11.3 Å². The lowest BCUT2D eigenvalue weighted by atomic mass is 10.2. The summed E-state index contributed by atoms with van der Waals surface area (Å²) >= 11 is 1.56. The minimum Gasteiger partial charge on any atom is -0.408 e. The van der Waals surface area contributed by atoms with E-state index in [4.69, 9.17) is 8.94 Å². The SMILES string of the molecule is CC(Nc1ccc2oc(=O)[nH]c2c1)c1nc(-c2cccs2)no1. The van der Waals surface area contributed by atoms with Crippen LogP contribution < -0.4 is 11.1 Å². The summed E-state index contributed by atoms with van der Waals surface area (Å²) in [5.41, 5.74) is 1.97. The molecule has 0 radical (unpaired) electrons. The molecule has 2 N–H and O–H groups in total. The first-order valence-corrected chi connectivity index (χ1v) is 7.84. The van der Waals surface area contributed by atoms with Gasteiger partial charge in [-0.05, 0) is 36.6 Å². The summed E-state index contributed by atoms with van der Waals surface area (Å²) in [7, 11) is 0. The summed E-state index contributed by atoms with van der Waals surface area (Å²) in [6, 6.07) is 9.07. The van der Waals surface area contributed by atoms with Crippen LogP contribution in [0.5, 0.6) is 0 Å². The smallest absolute Gasteiger partial charge is 0.408 e. The quantitative estimate of drug-likeness (QED) is 0.596. The third-order valence-electron chi connectivity index (χ3n) is 3.36. The normalized spacial score (nSPS) is 12.6. The number of aromatic nitrogens is 3. The standard InChI is InChI=1S/C15H12N4O3S/c1-8(14-18-13(19-22-14)12-3-2-6-23-12)16-9-4-5-11-10(7-9)17-15(20)21-11/h2-8,16H,1H3,(H,17,20). The van der Waals surface area contributed by atoms with Crippen molar-refractivity contribution < 1.29 is 8.94 Å². The highest BCUT2D eigenvalue weighted by Gasteiger charge is 2.16. The molecule has 8 heteroatoms. The van der Waals surface area contributed by atoms with E-state index in [0.717, 1.165) is 10.6 Å². The molecule has 0 aliphatic rings. The van der Waals surface area contributed by atoms with Gasteiger partial charge >= 0.3 is 5.76 Å². The minimum absolute atomic E-state index is 0.174. The average molecular weight is 328 g/mol. The van der Waals surface area contributed by atoms with Gasteiger partial charge in [-0.25, -0.2) is 4.79 Å². The predicted octanol–water partition coefficient (Wildman–Crippen LogP) is 3.41. The summed E-state index contributed by atoms with van der Waals surface area (Å²) in [4.78, 5) is 19.2. The molecule has 1 atom stereocenters. The molecule has 0 aliphatic heterocycles. The van der Waals surface area contributed by atoms with Gasteiger partial charge in [0, 0.05) is 5.69 Å². The number of fused-ring (bicyclic) bond motifs is 1. The van der Waals surface area contributed by atoms with E-state index in [1.54, 1.807) is 23.5 Å². The summed E-state index contributed by atoms with van der Waals surface area (Å²) < 4.78 is 10.3. The van der Waals surface area contributed by atoms with E-state index in [2.05, 4.69) is 20.4 Å². The van der Waals surface area contributed by atoms with Crippen molar-refractivity contribution in [2.75, 3.05) is 5.32 Å². The molecule has 116 valence electrons. The highest BCUT2D eigenvalue weighted by Crippen LogP contribution is 2.25. The predicted molar refractivity (Wildman–Crippen MR) is 86.5 cm³/mol. The molecule has 0 fully saturated rings. The average Bonchev–Trinajstić information content (AvgIpc) is 3.26. The maximum Gasteiger partial charge on any atom is 0.417 e. The first kappa shape index (κ1) is 13.8. The van der Waals surface area contributed by atoms with Crippen LogP contribution in [0.4, 0.5) is 5.69 Å². The molecular formula is C15H12N4O3S. The van der Waals surface area contributed by atoms with Crippen molar-refractivity contribution in [3.05, 3.63) is 52.2 Å². The molecule has 7 nitrogen and oxygen atoms in total. The molecule has 3 aromatic heterocycles. The Balaban J connectivity index is 1.56. The fraction of sp³-hybridized carbons (Fsp3) is 0.133. The van der Waals surface area contributed by atoms with Crippen molar-refractivity contribution in [1.29, 1.82) is 0 Å². The second kappa shape index (κ2) is 5.40. The number of anilines is 1. The molecule has 0 amide bonds. The van der Waals surface area contributed by atoms with E-state index in [-0.39, 0.29) is 6.04 Å². The number of benzene rings is 1. The molecule has 0 aliphatic carbocycles. The van der Waals surface area contributed by atoms with E-state index < -0.39 is 5.76 Å². The Morgan fingerprint density at radius 3 is 3.09 bits per heavy atom. The third kappa shape index (κ3) is 2.64. The maximum atomic E-state index is 11.2. The van der Waals surface area contributed by atoms with Crippen LogP contribution in [0.2, 0.25) is 0 Å². The Morgan fingerprint density at radius 1 is 1.35 bits per heavy atom. The van der Waals surface area contributed by atoms with E-state index in [9.17, 15) is 4.79 Å². The molecule has 0 spiro atoms. The lowest BCUT2D eigenvalue weighted by Gasteiger charge is -2.10. The van der Waals surface area contributed by atoms with Gasteiger partial charge in [-0.1, -0.05) is 11.2 Å². The zero-order chi connectivity index (χ0) is 15.8. The maximum absolute atomic E-state index is 11.2. The lowest BCUT2D eigenvalue weighted by Crippen LogP contribution is -2.06. The van der Waals surface area contributed by atoms with Gasteiger partial charge in [0.05, 0.1) is 10.4 Å². The van der Waals surface area contributed by atoms with Crippen LogP contribution in [-0.2, 0) is 0 Å². The second-order valence-electron chi connectivity index (χ2n) is 5.03. The number of nitrogens with zero attached hydrogens (tertiary/aromatic N) is 2. The zero-order valence-electron chi connectivity index (χ0n) is 12.1. The molecule has 1 unspecified atom stereocenters. The van der Waals surface area contributed by atoms with Crippen molar-refractivity contribution in [2.24, 2.45) is 0 Å². The lowest BCUT2D eigenvalue weighted by molar-refractivity contribution is 0.368. The van der Waals surface area contributed by atoms with Crippen molar-refractivity contribution in [3.63, 3.8) is 0 Å². The number of oxazole rings is 1. The van der Waals surface area contributed by atoms with Gasteiger partial charge in [-0.2, -0.15) is 4.98 Å². The monoisotopic (exact) mass is 328 g/mol. The van der Waals surface area contributed by atoms with Gasteiger partial charge in [0.25, 0.3) is 0 Å². The Bertz CT molecular complexity index is 999. The fourth-order valence-corrected chi connectivity index (χ4v) is 2.92. The number of hydrogen-bond acceptors (Lipinski definition) is 7. The van der Waals surface area contributed by atoms with Crippen LogP contribution in [0.15, 0.2) is 49.4 Å². The Labute approximate surface area is 134 Å². The Kier molecular flexibility index (Phi) is 3.23. The largest absolute Gasteiger partial charge is 0.417 e. The van der Waals surface area contributed by atoms with Crippen LogP contribution in [0.3, 0.4) is 0 Å². The zero-order valence-corrected chi connectivity index (χ0v) is 12.9. The number of rotatable bonds is 4. The molecular weight excluding hydrogens is 316 g/mol.